The van der Waals surface area contributed by atoms with Crippen LogP contribution in [-0.4, -0.2) is 17.9 Å². The van der Waals surface area contributed by atoms with Gasteiger partial charge in [0.05, 0.1) is 5.02 Å². The third-order valence-electron chi connectivity index (χ3n) is 6.42. The molecule has 2 aliphatic rings. The maximum absolute atomic E-state index is 13.3. The average Bonchev–Trinajstić information content (AvgIpc) is 2.67. The van der Waals surface area contributed by atoms with Crippen molar-refractivity contribution in [2.75, 3.05) is 0 Å². The maximum Gasteiger partial charge on any atom is 0.340 e. The summed E-state index contributed by atoms with van der Waals surface area (Å²) in [5, 5.41) is 0.497. The summed E-state index contributed by atoms with van der Waals surface area (Å²) in [4.78, 5) is 13.3. The second-order valence-corrected chi connectivity index (χ2v) is 9.08. The predicted octanol–water partition coefficient (Wildman–Crippen LogP) is 6.31. The summed E-state index contributed by atoms with van der Waals surface area (Å²) in [6, 6.07) is 5.44. The summed E-state index contributed by atoms with van der Waals surface area (Å²) in [6.07, 6.45) is 3.56. The van der Waals surface area contributed by atoms with Gasteiger partial charge in [0.2, 0.25) is 5.79 Å². The van der Waals surface area contributed by atoms with Gasteiger partial charge in [-0.1, -0.05) is 64.8 Å². The van der Waals surface area contributed by atoms with Gasteiger partial charge in [-0.25, -0.2) is 4.79 Å². The smallest absolute Gasteiger partial charge is 0.340 e. The number of fused-ring (bicyclic) bond motifs is 1. The molecule has 3 rings (SSSR count). The predicted molar refractivity (Wildman–Crippen MR) is 110 cm³/mol. The van der Waals surface area contributed by atoms with Crippen LogP contribution in [0.3, 0.4) is 0 Å². The summed E-state index contributed by atoms with van der Waals surface area (Å²) in [7, 11) is 0. The van der Waals surface area contributed by atoms with Crippen molar-refractivity contribution in [3.63, 3.8) is 0 Å². The fraction of sp³-hybridized carbons (Fsp3) is 0.696. The number of halogens is 1. The molecular formula is C23H33ClO4. The Morgan fingerprint density at radius 1 is 1.29 bits per heavy atom. The van der Waals surface area contributed by atoms with E-state index in [1.54, 1.807) is 6.07 Å². The van der Waals surface area contributed by atoms with Gasteiger partial charge < -0.3 is 14.2 Å². The molecule has 0 aromatic heterocycles. The molecule has 156 valence electrons. The Morgan fingerprint density at radius 2 is 2.00 bits per heavy atom. The SMILES string of the molecule is CCC1(CC)Oc2c(Cl)cccc2C(C(=O)O[C@H]2C[C@@H](C)CC[C@@H]2C(C)C)O1. The van der Waals surface area contributed by atoms with Crippen LogP contribution in [0.5, 0.6) is 5.75 Å². The second kappa shape index (κ2) is 8.62. The highest BCUT2D eigenvalue weighted by atomic mass is 35.5. The van der Waals surface area contributed by atoms with Crippen molar-refractivity contribution in [3.8, 4) is 5.75 Å². The molecule has 28 heavy (non-hydrogen) atoms. The van der Waals surface area contributed by atoms with Gasteiger partial charge in [-0.15, -0.1) is 0 Å². The molecule has 0 spiro atoms. The molecule has 0 saturated heterocycles. The van der Waals surface area contributed by atoms with Gasteiger partial charge in [-0.05, 0) is 36.7 Å². The van der Waals surface area contributed by atoms with Crippen molar-refractivity contribution < 1.29 is 19.0 Å². The Morgan fingerprint density at radius 3 is 2.64 bits per heavy atom. The van der Waals surface area contributed by atoms with Gasteiger partial charge in [0, 0.05) is 18.4 Å². The van der Waals surface area contributed by atoms with E-state index in [-0.39, 0.29) is 12.1 Å². The van der Waals surface area contributed by atoms with Crippen molar-refractivity contribution in [3.05, 3.63) is 28.8 Å². The number of ether oxygens (including phenoxy) is 3. The summed E-state index contributed by atoms with van der Waals surface area (Å²) in [5.74, 6) is 0.782. The van der Waals surface area contributed by atoms with Gasteiger partial charge in [-0.2, -0.15) is 0 Å². The van der Waals surface area contributed by atoms with Crippen LogP contribution in [0.25, 0.3) is 0 Å². The van der Waals surface area contributed by atoms with Crippen molar-refractivity contribution >= 4 is 17.6 Å². The zero-order valence-electron chi connectivity index (χ0n) is 17.7. The first kappa shape index (κ1) is 21.4. The van der Waals surface area contributed by atoms with E-state index >= 15 is 0 Å². The summed E-state index contributed by atoms with van der Waals surface area (Å²) < 4.78 is 18.4. The molecule has 4 atom stereocenters. The third-order valence-corrected chi connectivity index (χ3v) is 6.72. The minimum atomic E-state index is -0.862. The molecule has 1 saturated carbocycles. The lowest BCUT2D eigenvalue weighted by Gasteiger charge is -2.42. The van der Waals surface area contributed by atoms with E-state index in [2.05, 4.69) is 20.8 Å². The Hall–Kier alpha value is -1.26. The average molecular weight is 409 g/mol. The lowest BCUT2D eigenvalue weighted by atomic mass is 9.75. The molecular weight excluding hydrogens is 376 g/mol. The number of carbonyl (C=O) groups excluding carboxylic acids is 1. The summed E-state index contributed by atoms with van der Waals surface area (Å²) in [5.41, 5.74) is 0.653. The molecule has 0 bridgehead atoms. The van der Waals surface area contributed by atoms with Crippen LogP contribution < -0.4 is 4.74 Å². The molecule has 1 unspecified atom stereocenters. The molecule has 1 aromatic rings. The number of rotatable bonds is 5. The third kappa shape index (κ3) is 4.18. The minimum absolute atomic E-state index is 0.0667. The Bertz CT molecular complexity index is 698. The minimum Gasteiger partial charge on any atom is -0.460 e. The second-order valence-electron chi connectivity index (χ2n) is 8.68. The number of carbonyl (C=O) groups is 1. The van der Waals surface area contributed by atoms with Crippen LogP contribution in [0.15, 0.2) is 18.2 Å². The number of esters is 1. The van der Waals surface area contributed by atoms with Crippen LogP contribution in [0.4, 0.5) is 0 Å². The zero-order valence-corrected chi connectivity index (χ0v) is 18.4. The molecule has 1 aromatic carbocycles. The van der Waals surface area contributed by atoms with Crippen molar-refractivity contribution in [2.24, 2.45) is 17.8 Å². The van der Waals surface area contributed by atoms with Crippen molar-refractivity contribution in [2.45, 2.75) is 84.7 Å². The highest BCUT2D eigenvalue weighted by Gasteiger charge is 2.45. The fourth-order valence-electron chi connectivity index (χ4n) is 4.53. The van der Waals surface area contributed by atoms with Gasteiger partial charge in [0.15, 0.2) is 6.10 Å². The van der Waals surface area contributed by atoms with Crippen LogP contribution in [0.1, 0.15) is 78.4 Å². The van der Waals surface area contributed by atoms with Gasteiger partial charge in [0.25, 0.3) is 0 Å². The zero-order chi connectivity index (χ0) is 20.5. The van der Waals surface area contributed by atoms with E-state index in [0.717, 1.165) is 12.8 Å². The normalized spacial score (nSPS) is 29.1. The topological polar surface area (TPSA) is 44.8 Å². The molecule has 1 aliphatic carbocycles. The van der Waals surface area contributed by atoms with Crippen LogP contribution in [0.2, 0.25) is 5.02 Å². The molecule has 0 amide bonds. The first-order valence-corrected chi connectivity index (χ1v) is 11.0. The van der Waals surface area contributed by atoms with Crippen LogP contribution in [0, 0.1) is 17.8 Å². The Balaban J connectivity index is 1.88. The Kier molecular flexibility index (Phi) is 6.61. The van der Waals surface area contributed by atoms with Gasteiger partial charge in [-0.3, -0.25) is 0 Å². The van der Waals surface area contributed by atoms with E-state index in [1.165, 1.54) is 6.42 Å². The van der Waals surface area contributed by atoms with Crippen LogP contribution >= 0.6 is 11.6 Å². The highest BCUT2D eigenvalue weighted by molar-refractivity contribution is 6.32. The van der Waals surface area contributed by atoms with Crippen molar-refractivity contribution in [1.82, 2.24) is 0 Å². The molecule has 1 heterocycles. The summed E-state index contributed by atoms with van der Waals surface area (Å²) >= 11 is 6.40. The van der Waals surface area contributed by atoms with E-state index in [0.29, 0.717) is 46.9 Å². The highest BCUT2D eigenvalue weighted by Crippen LogP contribution is 2.46. The molecule has 4 nitrogen and oxygen atoms in total. The number of para-hydroxylation sites is 1. The molecule has 1 fully saturated rings. The quantitative estimate of drug-likeness (QED) is 0.535. The largest absolute Gasteiger partial charge is 0.460 e. The maximum atomic E-state index is 13.3. The van der Waals surface area contributed by atoms with Gasteiger partial charge in [0.1, 0.15) is 11.9 Å². The molecule has 0 radical (unpaired) electrons. The number of hydrogen-bond donors (Lipinski definition) is 0. The van der Waals surface area contributed by atoms with E-state index < -0.39 is 11.9 Å². The molecule has 1 aliphatic heterocycles. The number of benzene rings is 1. The monoisotopic (exact) mass is 408 g/mol. The van der Waals surface area contributed by atoms with Gasteiger partial charge >= 0.3 is 5.97 Å². The number of hydrogen-bond acceptors (Lipinski definition) is 4. The Labute approximate surface area is 173 Å². The fourth-order valence-corrected chi connectivity index (χ4v) is 4.75. The molecule has 0 N–H and O–H groups in total. The van der Waals surface area contributed by atoms with E-state index in [1.807, 2.05) is 26.0 Å². The standard InChI is InChI=1S/C23H33ClO4/c1-6-23(7-2)27-20-17(9-8-10-18(20)24)21(28-23)22(25)26-19-13-15(5)11-12-16(19)14(3)4/h8-10,14-16,19,21H,6-7,11-13H2,1-5H3/t15-,16+,19-,21?/m0/s1. The lowest BCUT2D eigenvalue weighted by molar-refractivity contribution is -0.242. The van der Waals surface area contributed by atoms with Crippen LogP contribution in [-0.2, 0) is 14.3 Å². The first-order valence-electron chi connectivity index (χ1n) is 10.7. The van der Waals surface area contributed by atoms with E-state index in [4.69, 9.17) is 25.8 Å². The molecule has 5 heteroatoms. The first-order chi connectivity index (χ1) is 13.3. The lowest BCUT2D eigenvalue weighted by Crippen LogP contribution is -2.46. The summed E-state index contributed by atoms with van der Waals surface area (Å²) in [6.45, 7) is 10.6. The van der Waals surface area contributed by atoms with Crippen molar-refractivity contribution in [1.29, 1.82) is 0 Å². The van der Waals surface area contributed by atoms with E-state index in [9.17, 15) is 4.79 Å².